The van der Waals surface area contributed by atoms with Gasteiger partial charge in [0, 0.05) is 5.69 Å². The fourth-order valence-corrected chi connectivity index (χ4v) is 5.27. The molecule has 0 amide bonds. The van der Waals surface area contributed by atoms with Gasteiger partial charge in [0.1, 0.15) is 5.75 Å². The Morgan fingerprint density at radius 3 is 2.62 bits per heavy atom. The van der Waals surface area contributed by atoms with E-state index in [-0.39, 0.29) is 4.90 Å². The molecule has 126 valence electrons. The molecule has 5 nitrogen and oxygen atoms in total. The summed E-state index contributed by atoms with van der Waals surface area (Å²) < 4.78 is 34.6. The maximum absolute atomic E-state index is 12.6. The molecule has 0 saturated heterocycles. The molecule has 0 unspecified atom stereocenters. The van der Waals surface area contributed by atoms with Crippen LogP contribution in [0, 0.1) is 0 Å². The summed E-state index contributed by atoms with van der Waals surface area (Å²) in [6.07, 6.45) is 0. The first-order valence-corrected chi connectivity index (χ1v) is 10.5. The third kappa shape index (κ3) is 3.66. The third-order valence-corrected chi connectivity index (χ3v) is 6.68. The first kappa shape index (κ1) is 17.1. The second-order valence-electron chi connectivity index (χ2n) is 4.88. The van der Waals surface area contributed by atoms with Gasteiger partial charge in [-0.2, -0.15) is 0 Å². The Morgan fingerprint density at radius 2 is 1.96 bits per heavy atom. The molecule has 0 bridgehead atoms. The lowest BCUT2D eigenvalue weighted by molar-refractivity contribution is 0.415. The van der Waals surface area contributed by atoms with Crippen molar-refractivity contribution in [2.24, 2.45) is 0 Å². The van der Waals surface area contributed by atoms with Gasteiger partial charge in [0.2, 0.25) is 0 Å². The van der Waals surface area contributed by atoms with Gasteiger partial charge >= 0.3 is 0 Å². The summed E-state index contributed by atoms with van der Waals surface area (Å²) in [5, 5.41) is 0. The Hall–Kier alpha value is -1.77. The van der Waals surface area contributed by atoms with E-state index in [1.54, 1.807) is 61.3 Å². The molecule has 0 saturated carbocycles. The number of rotatable bonds is 6. The van der Waals surface area contributed by atoms with Crippen LogP contribution in [0.4, 0.5) is 5.69 Å². The Labute approximate surface area is 149 Å². The maximum atomic E-state index is 12.6. The van der Waals surface area contributed by atoms with Gasteiger partial charge in [-0.25, -0.2) is 13.4 Å². The Balaban J connectivity index is 1.88. The number of anilines is 1. The standard InChI is InChI=1S/C16H16N2O3S3/c1-3-22-16-17-14-9-8-13(10-15(14)23-16)24(19,20)18-11-4-6-12(21-2)7-5-11/h4-10,18H,3H2,1-2H3. The molecule has 0 spiro atoms. The van der Waals surface area contributed by atoms with Crippen LogP contribution >= 0.6 is 23.1 Å². The van der Waals surface area contributed by atoms with Gasteiger partial charge in [-0.1, -0.05) is 18.7 Å². The molecule has 1 N–H and O–H groups in total. The van der Waals surface area contributed by atoms with Gasteiger partial charge < -0.3 is 4.74 Å². The minimum atomic E-state index is -3.65. The van der Waals surface area contributed by atoms with E-state index in [1.165, 1.54) is 11.3 Å². The highest BCUT2D eigenvalue weighted by molar-refractivity contribution is 8.01. The van der Waals surface area contributed by atoms with E-state index in [2.05, 4.69) is 16.6 Å². The first-order valence-electron chi connectivity index (χ1n) is 7.22. The molecule has 8 heteroatoms. The van der Waals surface area contributed by atoms with Crippen molar-refractivity contribution in [2.45, 2.75) is 16.2 Å². The fourth-order valence-electron chi connectivity index (χ4n) is 2.11. The number of thiazole rings is 1. The van der Waals surface area contributed by atoms with Gasteiger partial charge in [-0.05, 0) is 48.2 Å². The van der Waals surface area contributed by atoms with Gasteiger partial charge in [-0.15, -0.1) is 11.3 Å². The zero-order valence-electron chi connectivity index (χ0n) is 13.1. The van der Waals surface area contributed by atoms with E-state index in [0.717, 1.165) is 20.3 Å². The van der Waals surface area contributed by atoms with Crippen molar-refractivity contribution in [3.05, 3.63) is 42.5 Å². The highest BCUT2D eigenvalue weighted by Gasteiger charge is 2.16. The van der Waals surface area contributed by atoms with Gasteiger partial charge in [0.25, 0.3) is 10.0 Å². The van der Waals surface area contributed by atoms with E-state index in [0.29, 0.717) is 11.4 Å². The van der Waals surface area contributed by atoms with Crippen molar-refractivity contribution in [2.75, 3.05) is 17.6 Å². The molecule has 24 heavy (non-hydrogen) atoms. The van der Waals surface area contributed by atoms with E-state index in [4.69, 9.17) is 4.74 Å². The molecule has 0 atom stereocenters. The van der Waals surface area contributed by atoms with Crippen LogP contribution in [0.25, 0.3) is 10.2 Å². The summed E-state index contributed by atoms with van der Waals surface area (Å²) in [5.74, 6) is 1.61. The van der Waals surface area contributed by atoms with E-state index in [9.17, 15) is 8.42 Å². The number of fused-ring (bicyclic) bond motifs is 1. The molecule has 3 aromatic rings. The Morgan fingerprint density at radius 1 is 1.21 bits per heavy atom. The van der Waals surface area contributed by atoms with Gasteiger partial charge in [0.05, 0.1) is 22.2 Å². The van der Waals surface area contributed by atoms with Crippen molar-refractivity contribution in [3.8, 4) is 5.75 Å². The number of ether oxygens (including phenoxy) is 1. The number of hydrogen-bond donors (Lipinski definition) is 1. The van der Waals surface area contributed by atoms with Crippen LogP contribution in [0.1, 0.15) is 6.92 Å². The van der Waals surface area contributed by atoms with Crippen LogP contribution in [0.15, 0.2) is 51.7 Å². The number of aromatic nitrogens is 1. The second kappa shape index (κ2) is 7.00. The van der Waals surface area contributed by atoms with Crippen LogP contribution in [0.2, 0.25) is 0 Å². The number of nitrogens with zero attached hydrogens (tertiary/aromatic N) is 1. The Bertz CT molecular complexity index is 950. The van der Waals surface area contributed by atoms with Gasteiger partial charge in [-0.3, -0.25) is 4.72 Å². The monoisotopic (exact) mass is 380 g/mol. The summed E-state index contributed by atoms with van der Waals surface area (Å²) in [4.78, 5) is 4.71. The second-order valence-corrected chi connectivity index (χ2v) is 9.10. The van der Waals surface area contributed by atoms with Crippen LogP contribution in [0.5, 0.6) is 5.75 Å². The zero-order chi connectivity index (χ0) is 17.2. The molecule has 0 aliphatic rings. The maximum Gasteiger partial charge on any atom is 0.261 e. The van der Waals surface area contributed by atoms with Crippen molar-refractivity contribution >= 4 is 49.0 Å². The van der Waals surface area contributed by atoms with Crippen LogP contribution in [-0.2, 0) is 10.0 Å². The molecule has 1 heterocycles. The molecule has 2 aromatic carbocycles. The van der Waals surface area contributed by atoms with Crippen LogP contribution < -0.4 is 9.46 Å². The number of nitrogens with one attached hydrogen (secondary N) is 1. The first-order chi connectivity index (χ1) is 11.5. The molecule has 0 aliphatic carbocycles. The quantitative estimate of drug-likeness (QED) is 0.649. The zero-order valence-corrected chi connectivity index (χ0v) is 15.6. The summed E-state index contributed by atoms with van der Waals surface area (Å²) in [5.41, 5.74) is 1.31. The average Bonchev–Trinajstić information content (AvgIpc) is 2.97. The SMILES string of the molecule is CCSc1nc2ccc(S(=O)(=O)Nc3ccc(OC)cc3)cc2s1. The number of benzene rings is 2. The molecule has 0 aliphatic heterocycles. The predicted molar refractivity (Wildman–Crippen MR) is 99.8 cm³/mol. The predicted octanol–water partition coefficient (Wildman–Crippen LogP) is 4.22. The molecular formula is C16H16N2O3S3. The Kier molecular flexibility index (Phi) is 4.98. The van der Waals surface area contributed by atoms with Crippen LogP contribution in [0.3, 0.4) is 0 Å². The van der Waals surface area contributed by atoms with Crippen molar-refractivity contribution in [1.29, 1.82) is 0 Å². The lowest BCUT2D eigenvalue weighted by Gasteiger charge is -2.08. The minimum absolute atomic E-state index is 0.225. The summed E-state index contributed by atoms with van der Waals surface area (Å²) in [7, 11) is -2.08. The van der Waals surface area contributed by atoms with Crippen LogP contribution in [-0.4, -0.2) is 26.3 Å². The van der Waals surface area contributed by atoms with Crippen molar-refractivity contribution in [1.82, 2.24) is 4.98 Å². The molecule has 0 fully saturated rings. The highest BCUT2D eigenvalue weighted by Crippen LogP contribution is 2.31. The highest BCUT2D eigenvalue weighted by atomic mass is 32.2. The molecule has 1 aromatic heterocycles. The number of sulfonamides is 1. The topological polar surface area (TPSA) is 68.3 Å². The lowest BCUT2D eigenvalue weighted by atomic mass is 10.3. The molecular weight excluding hydrogens is 364 g/mol. The van der Waals surface area contributed by atoms with Gasteiger partial charge in [0.15, 0.2) is 4.34 Å². The summed E-state index contributed by atoms with van der Waals surface area (Å²) >= 11 is 3.16. The third-order valence-electron chi connectivity index (χ3n) is 3.26. The fraction of sp³-hybridized carbons (Fsp3) is 0.188. The molecule has 0 radical (unpaired) electrons. The number of hydrogen-bond acceptors (Lipinski definition) is 6. The van der Waals surface area contributed by atoms with E-state index in [1.807, 2.05) is 0 Å². The van der Waals surface area contributed by atoms with E-state index < -0.39 is 10.0 Å². The van der Waals surface area contributed by atoms with Crippen molar-refractivity contribution < 1.29 is 13.2 Å². The average molecular weight is 381 g/mol. The summed E-state index contributed by atoms with van der Waals surface area (Å²) in [6, 6.07) is 11.7. The van der Waals surface area contributed by atoms with Crippen molar-refractivity contribution in [3.63, 3.8) is 0 Å². The smallest absolute Gasteiger partial charge is 0.261 e. The minimum Gasteiger partial charge on any atom is -0.497 e. The largest absolute Gasteiger partial charge is 0.497 e. The molecule has 3 rings (SSSR count). The normalized spacial score (nSPS) is 11.6. The summed E-state index contributed by atoms with van der Waals surface area (Å²) in [6.45, 7) is 2.06. The number of methoxy groups -OCH3 is 1. The lowest BCUT2D eigenvalue weighted by Crippen LogP contribution is -2.12. The number of thioether (sulfide) groups is 1. The van der Waals surface area contributed by atoms with E-state index >= 15 is 0 Å².